The number of halogens is 2. The second kappa shape index (κ2) is 6.83. The minimum absolute atomic E-state index is 0.000829. The maximum atomic E-state index is 13.3. The van der Waals surface area contributed by atoms with Crippen molar-refractivity contribution in [1.82, 2.24) is 9.80 Å². The number of piperazine rings is 1. The molecular formula is C20H22F2N2O. The van der Waals surface area contributed by atoms with Gasteiger partial charge in [0.2, 0.25) is 0 Å². The molecule has 2 aromatic carbocycles. The Morgan fingerprint density at radius 2 is 1.28 bits per heavy atom. The fourth-order valence-corrected chi connectivity index (χ4v) is 3.71. The highest BCUT2D eigenvalue weighted by Gasteiger charge is 2.41. The van der Waals surface area contributed by atoms with Gasteiger partial charge in [0, 0.05) is 26.2 Å². The first kappa shape index (κ1) is 16.6. The van der Waals surface area contributed by atoms with Crippen LogP contribution in [0.4, 0.5) is 8.78 Å². The highest BCUT2D eigenvalue weighted by Crippen LogP contribution is 2.32. The highest BCUT2D eigenvalue weighted by atomic mass is 19.1. The Hall–Kier alpha value is -1.82. The molecule has 5 heteroatoms. The fraction of sp³-hybridized carbons (Fsp3) is 0.400. The summed E-state index contributed by atoms with van der Waals surface area (Å²) in [6.45, 7) is 5.76. The first-order valence-corrected chi connectivity index (χ1v) is 8.76. The molecule has 25 heavy (non-hydrogen) atoms. The average molecular weight is 344 g/mol. The number of hydrogen-bond donors (Lipinski definition) is 0. The second-order valence-electron chi connectivity index (χ2n) is 6.81. The second-order valence-corrected chi connectivity index (χ2v) is 6.81. The zero-order valence-electron chi connectivity index (χ0n) is 14.2. The van der Waals surface area contributed by atoms with E-state index in [1.807, 2.05) is 24.3 Å². The van der Waals surface area contributed by atoms with Gasteiger partial charge in [0.1, 0.15) is 17.9 Å². The molecule has 3 nitrogen and oxygen atoms in total. The molecular weight excluding hydrogens is 322 g/mol. The molecule has 0 aliphatic carbocycles. The van der Waals surface area contributed by atoms with Crippen molar-refractivity contribution in [3.63, 3.8) is 0 Å². The van der Waals surface area contributed by atoms with E-state index in [0.717, 1.165) is 37.3 Å². The zero-order valence-corrected chi connectivity index (χ0v) is 14.2. The molecule has 1 unspecified atom stereocenters. The molecule has 2 aromatic rings. The van der Waals surface area contributed by atoms with Crippen LogP contribution in [0.15, 0.2) is 48.5 Å². The van der Waals surface area contributed by atoms with Crippen molar-refractivity contribution in [3.8, 4) is 0 Å². The van der Waals surface area contributed by atoms with Crippen LogP contribution in [0.3, 0.4) is 0 Å². The molecule has 2 fully saturated rings. The third kappa shape index (κ3) is 3.59. The monoisotopic (exact) mass is 344 g/mol. The van der Waals surface area contributed by atoms with Gasteiger partial charge in [-0.1, -0.05) is 24.3 Å². The van der Waals surface area contributed by atoms with E-state index in [-0.39, 0.29) is 23.9 Å². The van der Waals surface area contributed by atoms with E-state index in [0.29, 0.717) is 6.10 Å². The van der Waals surface area contributed by atoms with Crippen LogP contribution < -0.4 is 0 Å². The van der Waals surface area contributed by atoms with E-state index >= 15 is 0 Å². The molecule has 0 aromatic heterocycles. The molecule has 2 heterocycles. The molecule has 132 valence electrons. The van der Waals surface area contributed by atoms with Crippen molar-refractivity contribution in [3.05, 3.63) is 71.3 Å². The Bertz CT molecular complexity index is 666. The van der Waals surface area contributed by atoms with Crippen LogP contribution in [0.2, 0.25) is 0 Å². The minimum Gasteiger partial charge on any atom is -0.353 e. The highest BCUT2D eigenvalue weighted by molar-refractivity contribution is 5.32. The standard InChI is InChI=1S/C20H22F2N2O/c1-14-20(25-14)24-12-10-23(11-13-24)19(15-2-6-17(21)7-3-15)16-4-8-18(22)9-5-16/h2-9,14,19-20H,10-13H2,1H3/t14-,20?/m1/s1. The quantitative estimate of drug-likeness (QED) is 0.792. The summed E-state index contributed by atoms with van der Waals surface area (Å²) in [5.41, 5.74) is 2.05. The molecule has 0 amide bonds. The zero-order chi connectivity index (χ0) is 17.4. The van der Waals surface area contributed by atoms with Gasteiger partial charge in [0.05, 0.1) is 12.1 Å². The summed E-state index contributed by atoms with van der Waals surface area (Å²) >= 11 is 0. The summed E-state index contributed by atoms with van der Waals surface area (Å²) in [5, 5.41) is 0. The van der Waals surface area contributed by atoms with Crippen LogP contribution in [-0.4, -0.2) is 48.3 Å². The van der Waals surface area contributed by atoms with E-state index in [9.17, 15) is 8.78 Å². The maximum Gasteiger partial charge on any atom is 0.137 e. The van der Waals surface area contributed by atoms with Crippen LogP contribution in [0, 0.1) is 11.6 Å². The van der Waals surface area contributed by atoms with E-state index in [1.54, 1.807) is 0 Å². The van der Waals surface area contributed by atoms with E-state index < -0.39 is 0 Å². The van der Waals surface area contributed by atoms with E-state index in [1.165, 1.54) is 24.3 Å². The summed E-state index contributed by atoms with van der Waals surface area (Å²) in [6, 6.07) is 13.2. The third-order valence-electron chi connectivity index (χ3n) is 5.12. The van der Waals surface area contributed by atoms with Crippen molar-refractivity contribution < 1.29 is 13.5 Å². The predicted octanol–water partition coefficient (Wildman–Crippen LogP) is 3.42. The molecule has 4 rings (SSSR count). The van der Waals surface area contributed by atoms with Crippen LogP contribution in [0.1, 0.15) is 24.1 Å². The molecule has 0 spiro atoms. The van der Waals surface area contributed by atoms with Gasteiger partial charge in [0.25, 0.3) is 0 Å². The SMILES string of the molecule is C[C@H]1OC1N1CCN(C(c2ccc(F)cc2)c2ccc(F)cc2)CC1. The Labute approximate surface area is 146 Å². The van der Waals surface area contributed by atoms with Crippen LogP contribution >= 0.6 is 0 Å². The summed E-state index contributed by atoms with van der Waals surface area (Å²) in [5.74, 6) is -0.488. The van der Waals surface area contributed by atoms with Crippen molar-refractivity contribution in [1.29, 1.82) is 0 Å². The lowest BCUT2D eigenvalue weighted by Crippen LogP contribution is -2.49. The Kier molecular flexibility index (Phi) is 4.54. The van der Waals surface area contributed by atoms with Gasteiger partial charge in [-0.3, -0.25) is 9.80 Å². The lowest BCUT2D eigenvalue weighted by Gasteiger charge is -2.39. The number of ether oxygens (including phenoxy) is 1. The Morgan fingerprint density at radius 1 is 0.840 bits per heavy atom. The van der Waals surface area contributed by atoms with Crippen molar-refractivity contribution in [2.45, 2.75) is 25.3 Å². The van der Waals surface area contributed by atoms with Crippen LogP contribution in [-0.2, 0) is 4.74 Å². The van der Waals surface area contributed by atoms with Crippen molar-refractivity contribution in [2.75, 3.05) is 26.2 Å². The van der Waals surface area contributed by atoms with Gasteiger partial charge >= 0.3 is 0 Å². The number of benzene rings is 2. The molecule has 2 aliphatic rings. The fourth-order valence-electron chi connectivity index (χ4n) is 3.71. The first-order chi connectivity index (χ1) is 12.1. The van der Waals surface area contributed by atoms with Gasteiger partial charge in [-0.05, 0) is 42.3 Å². The van der Waals surface area contributed by atoms with E-state index in [4.69, 9.17) is 4.74 Å². The van der Waals surface area contributed by atoms with Crippen LogP contribution in [0.5, 0.6) is 0 Å². The minimum atomic E-state index is -0.244. The Balaban J connectivity index is 1.57. The number of nitrogens with zero attached hydrogens (tertiary/aromatic N) is 2. The molecule has 2 saturated heterocycles. The normalized spacial score (nSPS) is 24.6. The van der Waals surface area contributed by atoms with Crippen molar-refractivity contribution in [2.24, 2.45) is 0 Å². The first-order valence-electron chi connectivity index (χ1n) is 8.76. The molecule has 0 radical (unpaired) electrons. The Morgan fingerprint density at radius 3 is 1.68 bits per heavy atom. The molecule has 2 aliphatic heterocycles. The topological polar surface area (TPSA) is 19.0 Å². The van der Waals surface area contributed by atoms with Crippen molar-refractivity contribution >= 4 is 0 Å². The van der Waals surface area contributed by atoms with Gasteiger partial charge in [-0.2, -0.15) is 0 Å². The molecule has 2 atom stereocenters. The number of epoxide rings is 1. The van der Waals surface area contributed by atoms with Crippen LogP contribution in [0.25, 0.3) is 0 Å². The van der Waals surface area contributed by atoms with Gasteiger partial charge in [0.15, 0.2) is 0 Å². The largest absolute Gasteiger partial charge is 0.353 e. The molecule has 0 saturated carbocycles. The number of hydrogen-bond acceptors (Lipinski definition) is 3. The predicted molar refractivity (Wildman–Crippen MR) is 92.1 cm³/mol. The van der Waals surface area contributed by atoms with Gasteiger partial charge < -0.3 is 4.74 Å². The lowest BCUT2D eigenvalue weighted by molar-refractivity contribution is 0.0756. The summed E-state index contributed by atoms with van der Waals surface area (Å²) in [7, 11) is 0. The number of rotatable bonds is 4. The molecule has 0 bridgehead atoms. The smallest absolute Gasteiger partial charge is 0.137 e. The van der Waals surface area contributed by atoms with E-state index in [2.05, 4.69) is 16.7 Å². The average Bonchev–Trinajstić information content (AvgIpc) is 3.36. The van der Waals surface area contributed by atoms with Gasteiger partial charge in [-0.25, -0.2) is 8.78 Å². The summed E-state index contributed by atoms with van der Waals surface area (Å²) in [4.78, 5) is 4.75. The maximum absolute atomic E-state index is 13.3. The lowest BCUT2D eigenvalue weighted by atomic mass is 9.96. The summed E-state index contributed by atoms with van der Waals surface area (Å²) in [6.07, 6.45) is 0.591. The van der Waals surface area contributed by atoms with Gasteiger partial charge in [-0.15, -0.1) is 0 Å². The third-order valence-corrected chi connectivity index (χ3v) is 5.12. The molecule has 0 N–H and O–H groups in total. The summed E-state index contributed by atoms with van der Waals surface area (Å²) < 4.78 is 32.3.